The fourth-order valence-electron chi connectivity index (χ4n) is 1.42. The maximum Gasteiger partial charge on any atom is 0.308 e. The van der Waals surface area contributed by atoms with Crippen molar-refractivity contribution in [2.24, 2.45) is 5.73 Å². The number of rotatable bonds is 3. The van der Waals surface area contributed by atoms with Crippen LogP contribution in [0.25, 0.3) is 0 Å². The minimum atomic E-state index is -0.605. The standard InChI is InChI=1S/C13H17ClFNO2/c1-13(2,3)18-12(17)7-11(16)8-4-5-9(14)10(15)6-8/h4-6,11H,7,16H2,1-3H3/t11-/m1/s1. The van der Waals surface area contributed by atoms with E-state index in [2.05, 4.69) is 0 Å². The molecule has 1 atom stereocenters. The summed E-state index contributed by atoms with van der Waals surface area (Å²) in [5, 5.41) is 0.0308. The number of ether oxygens (including phenoxy) is 1. The summed E-state index contributed by atoms with van der Waals surface area (Å²) in [4.78, 5) is 11.6. The number of halogens is 2. The highest BCUT2D eigenvalue weighted by atomic mass is 35.5. The molecule has 0 unspecified atom stereocenters. The number of esters is 1. The van der Waals surface area contributed by atoms with Crippen LogP contribution in [0.5, 0.6) is 0 Å². The van der Waals surface area contributed by atoms with E-state index in [1.807, 2.05) is 0 Å². The maximum atomic E-state index is 13.2. The first-order chi connectivity index (χ1) is 8.19. The summed E-state index contributed by atoms with van der Waals surface area (Å²) in [6, 6.07) is 3.64. The fraction of sp³-hybridized carbons (Fsp3) is 0.462. The second-order valence-corrected chi connectivity index (χ2v) is 5.48. The van der Waals surface area contributed by atoms with Crippen LogP contribution in [0.2, 0.25) is 5.02 Å². The lowest BCUT2D eigenvalue weighted by molar-refractivity contribution is -0.155. The van der Waals surface area contributed by atoms with Crippen molar-refractivity contribution in [3.63, 3.8) is 0 Å². The molecule has 0 spiro atoms. The van der Waals surface area contributed by atoms with Crippen molar-refractivity contribution < 1.29 is 13.9 Å². The number of benzene rings is 1. The Hall–Kier alpha value is -1.13. The zero-order valence-electron chi connectivity index (χ0n) is 10.7. The lowest BCUT2D eigenvalue weighted by Crippen LogP contribution is -2.26. The van der Waals surface area contributed by atoms with Crippen LogP contribution in [0.3, 0.4) is 0 Å². The summed E-state index contributed by atoms with van der Waals surface area (Å²) in [6.07, 6.45) is -0.00164. The van der Waals surface area contributed by atoms with Gasteiger partial charge in [0.25, 0.3) is 0 Å². The van der Waals surface area contributed by atoms with Crippen LogP contribution in [-0.2, 0) is 9.53 Å². The van der Waals surface area contributed by atoms with E-state index in [0.29, 0.717) is 5.56 Å². The smallest absolute Gasteiger partial charge is 0.308 e. The van der Waals surface area contributed by atoms with E-state index in [9.17, 15) is 9.18 Å². The lowest BCUT2D eigenvalue weighted by Gasteiger charge is -2.21. The van der Waals surface area contributed by atoms with Crippen molar-refractivity contribution in [1.82, 2.24) is 0 Å². The third kappa shape index (κ3) is 4.63. The molecule has 2 N–H and O–H groups in total. The van der Waals surface area contributed by atoms with Gasteiger partial charge in [0.05, 0.1) is 11.4 Å². The van der Waals surface area contributed by atoms with Crippen LogP contribution in [-0.4, -0.2) is 11.6 Å². The normalized spacial score (nSPS) is 13.2. The van der Waals surface area contributed by atoms with E-state index < -0.39 is 23.4 Å². The van der Waals surface area contributed by atoms with E-state index in [1.165, 1.54) is 12.1 Å². The Labute approximate surface area is 111 Å². The maximum absolute atomic E-state index is 13.2. The Balaban J connectivity index is 2.68. The van der Waals surface area contributed by atoms with Gasteiger partial charge in [0.1, 0.15) is 11.4 Å². The van der Waals surface area contributed by atoms with Crippen LogP contribution >= 0.6 is 11.6 Å². The summed E-state index contributed by atoms with van der Waals surface area (Å²) in [6.45, 7) is 5.33. The van der Waals surface area contributed by atoms with Gasteiger partial charge in [0.15, 0.2) is 0 Å². The first kappa shape index (κ1) is 14.9. The van der Waals surface area contributed by atoms with Gasteiger partial charge in [-0.05, 0) is 38.5 Å². The van der Waals surface area contributed by atoms with Crippen LogP contribution in [0.4, 0.5) is 4.39 Å². The quantitative estimate of drug-likeness (QED) is 0.861. The van der Waals surface area contributed by atoms with E-state index in [4.69, 9.17) is 22.1 Å². The van der Waals surface area contributed by atoms with E-state index >= 15 is 0 Å². The molecule has 0 saturated heterocycles. The topological polar surface area (TPSA) is 52.3 Å². The van der Waals surface area contributed by atoms with Gasteiger partial charge in [-0.3, -0.25) is 4.79 Å². The third-order valence-electron chi connectivity index (χ3n) is 2.18. The molecule has 0 aliphatic heterocycles. The van der Waals surface area contributed by atoms with Crippen LogP contribution in [0.1, 0.15) is 38.8 Å². The second-order valence-electron chi connectivity index (χ2n) is 5.07. The molecule has 0 heterocycles. The molecule has 0 amide bonds. The Morgan fingerprint density at radius 1 is 1.50 bits per heavy atom. The molecule has 5 heteroatoms. The molecule has 0 fully saturated rings. The number of hydrogen-bond acceptors (Lipinski definition) is 3. The highest BCUT2D eigenvalue weighted by Crippen LogP contribution is 2.21. The van der Waals surface area contributed by atoms with Gasteiger partial charge in [0.2, 0.25) is 0 Å². The number of hydrogen-bond donors (Lipinski definition) is 1. The molecule has 1 aromatic carbocycles. The molecule has 3 nitrogen and oxygen atoms in total. The minimum Gasteiger partial charge on any atom is -0.460 e. The summed E-state index contributed by atoms with van der Waals surface area (Å²) in [5.41, 5.74) is 5.79. The van der Waals surface area contributed by atoms with Crippen molar-refractivity contribution in [2.45, 2.75) is 38.8 Å². The molecule has 18 heavy (non-hydrogen) atoms. The van der Waals surface area contributed by atoms with Crippen molar-refractivity contribution >= 4 is 17.6 Å². The van der Waals surface area contributed by atoms with Gasteiger partial charge in [-0.25, -0.2) is 4.39 Å². The van der Waals surface area contributed by atoms with Crippen LogP contribution in [0, 0.1) is 5.82 Å². The van der Waals surface area contributed by atoms with Gasteiger partial charge >= 0.3 is 5.97 Å². The third-order valence-corrected chi connectivity index (χ3v) is 2.48. The number of carbonyl (C=O) groups is 1. The zero-order valence-corrected chi connectivity index (χ0v) is 11.4. The minimum absolute atomic E-state index is 0.00164. The zero-order chi connectivity index (χ0) is 13.9. The summed E-state index contributed by atoms with van der Waals surface area (Å²) < 4.78 is 18.4. The van der Waals surface area contributed by atoms with Crippen molar-refractivity contribution in [3.8, 4) is 0 Å². The van der Waals surface area contributed by atoms with Gasteiger partial charge in [-0.15, -0.1) is 0 Å². The molecule has 0 aliphatic carbocycles. The average Bonchev–Trinajstić information content (AvgIpc) is 2.18. The molecular formula is C13H17ClFNO2. The number of carbonyl (C=O) groups excluding carboxylic acids is 1. The highest BCUT2D eigenvalue weighted by molar-refractivity contribution is 6.30. The molecule has 0 radical (unpaired) electrons. The fourth-order valence-corrected chi connectivity index (χ4v) is 1.54. The predicted octanol–water partition coefficient (Wildman–Crippen LogP) is 3.21. The van der Waals surface area contributed by atoms with Gasteiger partial charge < -0.3 is 10.5 Å². The average molecular weight is 274 g/mol. The molecule has 1 aromatic rings. The lowest BCUT2D eigenvalue weighted by atomic mass is 10.0. The molecule has 0 aromatic heterocycles. The van der Waals surface area contributed by atoms with Gasteiger partial charge in [0, 0.05) is 6.04 Å². The Bertz CT molecular complexity index is 443. The second kappa shape index (κ2) is 5.67. The molecular weight excluding hydrogens is 257 g/mol. The highest BCUT2D eigenvalue weighted by Gasteiger charge is 2.19. The van der Waals surface area contributed by atoms with E-state index in [-0.39, 0.29) is 11.4 Å². The Morgan fingerprint density at radius 2 is 2.11 bits per heavy atom. The molecule has 1 rings (SSSR count). The van der Waals surface area contributed by atoms with Crippen molar-refractivity contribution in [1.29, 1.82) is 0 Å². The first-order valence-electron chi connectivity index (χ1n) is 5.61. The first-order valence-corrected chi connectivity index (χ1v) is 5.99. The number of nitrogens with two attached hydrogens (primary N) is 1. The predicted molar refractivity (Wildman–Crippen MR) is 68.8 cm³/mol. The van der Waals surface area contributed by atoms with Gasteiger partial charge in [-0.1, -0.05) is 17.7 Å². The van der Waals surface area contributed by atoms with Crippen molar-refractivity contribution in [3.05, 3.63) is 34.6 Å². The largest absolute Gasteiger partial charge is 0.460 e. The summed E-state index contributed by atoms with van der Waals surface area (Å²) in [7, 11) is 0. The Kier molecular flexibility index (Phi) is 4.71. The van der Waals surface area contributed by atoms with Gasteiger partial charge in [-0.2, -0.15) is 0 Å². The monoisotopic (exact) mass is 273 g/mol. The van der Waals surface area contributed by atoms with Crippen LogP contribution in [0.15, 0.2) is 18.2 Å². The van der Waals surface area contributed by atoms with Crippen molar-refractivity contribution in [2.75, 3.05) is 0 Å². The SMILES string of the molecule is CC(C)(C)OC(=O)C[C@@H](N)c1ccc(Cl)c(F)c1. The van der Waals surface area contributed by atoms with E-state index in [0.717, 1.165) is 0 Å². The van der Waals surface area contributed by atoms with Crippen LogP contribution < -0.4 is 5.73 Å². The summed E-state index contributed by atoms with van der Waals surface area (Å²) >= 11 is 5.57. The summed E-state index contributed by atoms with van der Waals surface area (Å²) in [5.74, 6) is -0.959. The molecule has 0 bridgehead atoms. The molecule has 0 saturated carbocycles. The molecule has 0 aliphatic rings. The van der Waals surface area contributed by atoms with E-state index in [1.54, 1.807) is 26.8 Å². The molecule has 100 valence electrons. The Morgan fingerprint density at radius 3 is 2.61 bits per heavy atom.